The Balaban J connectivity index is 2.51. The van der Waals surface area contributed by atoms with E-state index in [2.05, 4.69) is 12.0 Å². The van der Waals surface area contributed by atoms with Gasteiger partial charge in [-0.05, 0) is 31.5 Å². The van der Waals surface area contributed by atoms with Gasteiger partial charge in [0.15, 0.2) is 0 Å². The van der Waals surface area contributed by atoms with Gasteiger partial charge in [-0.25, -0.2) is 4.68 Å². The third kappa shape index (κ3) is 2.82. The summed E-state index contributed by atoms with van der Waals surface area (Å²) < 4.78 is 7.08. The third-order valence-electron chi connectivity index (χ3n) is 2.93. The first kappa shape index (κ1) is 14.1. The molecule has 2 N–H and O–H groups in total. The fourth-order valence-electron chi connectivity index (χ4n) is 1.92. The minimum Gasteiger partial charge on any atom is -0.493 e. The van der Waals surface area contributed by atoms with Crippen molar-refractivity contribution in [3.63, 3.8) is 0 Å². The molecule has 5 heteroatoms. The summed E-state index contributed by atoms with van der Waals surface area (Å²) in [5.41, 5.74) is 7.20. The number of hydrogen-bond donors (Lipinski definition) is 1. The monoisotopic (exact) mass is 273 g/mol. The van der Waals surface area contributed by atoms with Gasteiger partial charge in [-0.2, -0.15) is 5.10 Å². The Hall–Kier alpha value is -2.30. The second kappa shape index (κ2) is 6.23. The Bertz CT molecular complexity index is 650. The zero-order valence-electron chi connectivity index (χ0n) is 11.8. The molecule has 0 bridgehead atoms. The molecule has 0 radical (unpaired) electrons. The maximum Gasteiger partial charge on any atom is 0.289 e. The lowest BCUT2D eigenvalue weighted by molar-refractivity contribution is 0.318. The van der Waals surface area contributed by atoms with Crippen molar-refractivity contribution in [2.24, 2.45) is 0 Å². The summed E-state index contributed by atoms with van der Waals surface area (Å²) in [4.78, 5) is 11.8. The standard InChI is InChI=1S/C15H19N3O2/c1-3-9-20-14-8-6-5-7-11(14)13-10-12(16)15(19)18(4-2)17-13/h5-8,10H,3-4,9,16H2,1-2H3. The number of hydrogen-bond acceptors (Lipinski definition) is 4. The van der Waals surface area contributed by atoms with E-state index in [1.165, 1.54) is 4.68 Å². The van der Waals surface area contributed by atoms with Gasteiger partial charge in [-0.15, -0.1) is 0 Å². The molecule has 0 fully saturated rings. The number of rotatable bonds is 5. The van der Waals surface area contributed by atoms with Crippen molar-refractivity contribution in [1.29, 1.82) is 0 Å². The van der Waals surface area contributed by atoms with Gasteiger partial charge in [-0.1, -0.05) is 19.1 Å². The van der Waals surface area contributed by atoms with E-state index in [0.29, 0.717) is 18.8 Å². The molecule has 1 aromatic carbocycles. The second-order valence-electron chi connectivity index (χ2n) is 4.45. The lowest BCUT2D eigenvalue weighted by atomic mass is 10.1. The molecule has 106 valence electrons. The van der Waals surface area contributed by atoms with E-state index >= 15 is 0 Å². The first-order valence-electron chi connectivity index (χ1n) is 6.77. The fourth-order valence-corrected chi connectivity index (χ4v) is 1.92. The van der Waals surface area contributed by atoms with Crippen molar-refractivity contribution in [1.82, 2.24) is 9.78 Å². The summed E-state index contributed by atoms with van der Waals surface area (Å²) in [6.45, 7) is 5.03. The first-order valence-corrected chi connectivity index (χ1v) is 6.77. The number of ether oxygens (including phenoxy) is 1. The van der Waals surface area contributed by atoms with Gasteiger partial charge in [0.2, 0.25) is 0 Å². The summed E-state index contributed by atoms with van der Waals surface area (Å²) in [5.74, 6) is 0.752. The summed E-state index contributed by atoms with van der Waals surface area (Å²) in [6, 6.07) is 9.23. The van der Waals surface area contributed by atoms with Crippen molar-refractivity contribution >= 4 is 5.69 Å². The van der Waals surface area contributed by atoms with E-state index < -0.39 is 0 Å². The molecule has 0 saturated carbocycles. The predicted octanol–water partition coefficient (Wildman–Crippen LogP) is 2.30. The normalized spacial score (nSPS) is 10.5. The summed E-state index contributed by atoms with van der Waals surface area (Å²) in [5, 5.41) is 4.33. The van der Waals surface area contributed by atoms with E-state index in [-0.39, 0.29) is 11.2 Å². The lowest BCUT2D eigenvalue weighted by Gasteiger charge is -2.12. The molecule has 2 rings (SSSR count). The molecule has 0 amide bonds. The smallest absolute Gasteiger partial charge is 0.289 e. The highest BCUT2D eigenvalue weighted by molar-refractivity contribution is 5.68. The average Bonchev–Trinajstić information content (AvgIpc) is 2.48. The van der Waals surface area contributed by atoms with Crippen LogP contribution in [0.1, 0.15) is 20.3 Å². The van der Waals surface area contributed by atoms with Gasteiger partial charge in [0, 0.05) is 12.1 Å². The van der Waals surface area contributed by atoms with Crippen molar-refractivity contribution in [2.45, 2.75) is 26.8 Å². The van der Waals surface area contributed by atoms with Crippen LogP contribution in [-0.4, -0.2) is 16.4 Å². The maximum atomic E-state index is 11.8. The molecule has 1 aromatic heterocycles. The Kier molecular flexibility index (Phi) is 4.40. The van der Waals surface area contributed by atoms with E-state index in [4.69, 9.17) is 10.5 Å². The average molecular weight is 273 g/mol. The summed E-state index contributed by atoms with van der Waals surface area (Å²) in [6.07, 6.45) is 0.929. The van der Waals surface area contributed by atoms with Crippen molar-refractivity contribution < 1.29 is 4.74 Å². The number of anilines is 1. The highest BCUT2D eigenvalue weighted by Crippen LogP contribution is 2.28. The summed E-state index contributed by atoms with van der Waals surface area (Å²) >= 11 is 0. The summed E-state index contributed by atoms with van der Waals surface area (Å²) in [7, 11) is 0. The van der Waals surface area contributed by atoms with Crippen LogP contribution in [0.5, 0.6) is 5.75 Å². The van der Waals surface area contributed by atoms with Crippen LogP contribution in [0.2, 0.25) is 0 Å². The van der Waals surface area contributed by atoms with Crippen molar-refractivity contribution in [2.75, 3.05) is 12.3 Å². The van der Waals surface area contributed by atoms with Crippen LogP contribution in [0.25, 0.3) is 11.3 Å². The molecule has 0 aliphatic rings. The topological polar surface area (TPSA) is 70.1 Å². The number of nitrogen functional groups attached to an aromatic ring is 1. The van der Waals surface area contributed by atoms with E-state index in [1.807, 2.05) is 31.2 Å². The van der Waals surface area contributed by atoms with E-state index in [0.717, 1.165) is 17.7 Å². The number of nitrogens with two attached hydrogens (primary N) is 1. The Morgan fingerprint density at radius 3 is 2.75 bits per heavy atom. The predicted molar refractivity (Wildman–Crippen MR) is 79.8 cm³/mol. The molecule has 2 aromatic rings. The Morgan fingerprint density at radius 1 is 1.30 bits per heavy atom. The number of para-hydroxylation sites is 1. The first-order chi connectivity index (χ1) is 9.67. The molecule has 0 spiro atoms. The molecular weight excluding hydrogens is 254 g/mol. The van der Waals surface area contributed by atoms with Gasteiger partial charge in [0.05, 0.1) is 12.3 Å². The lowest BCUT2D eigenvalue weighted by Crippen LogP contribution is -2.25. The highest BCUT2D eigenvalue weighted by Gasteiger charge is 2.11. The largest absolute Gasteiger partial charge is 0.493 e. The van der Waals surface area contributed by atoms with Gasteiger partial charge < -0.3 is 10.5 Å². The molecule has 20 heavy (non-hydrogen) atoms. The second-order valence-corrected chi connectivity index (χ2v) is 4.45. The minimum absolute atomic E-state index is 0.196. The zero-order chi connectivity index (χ0) is 14.5. The van der Waals surface area contributed by atoms with E-state index in [1.54, 1.807) is 6.07 Å². The molecular formula is C15H19N3O2. The highest BCUT2D eigenvalue weighted by atomic mass is 16.5. The Morgan fingerprint density at radius 2 is 2.05 bits per heavy atom. The molecule has 0 atom stereocenters. The quantitative estimate of drug-likeness (QED) is 0.907. The van der Waals surface area contributed by atoms with Gasteiger partial charge in [0.1, 0.15) is 11.4 Å². The van der Waals surface area contributed by atoms with Crippen LogP contribution in [0.4, 0.5) is 5.69 Å². The number of nitrogens with zero attached hydrogens (tertiary/aromatic N) is 2. The number of benzene rings is 1. The molecule has 1 heterocycles. The molecule has 5 nitrogen and oxygen atoms in total. The van der Waals surface area contributed by atoms with Crippen molar-refractivity contribution in [3.05, 3.63) is 40.7 Å². The molecule has 0 aliphatic carbocycles. The molecule has 0 aliphatic heterocycles. The van der Waals surface area contributed by atoms with Gasteiger partial charge in [0.25, 0.3) is 5.56 Å². The number of aromatic nitrogens is 2. The van der Waals surface area contributed by atoms with Crippen molar-refractivity contribution in [3.8, 4) is 17.0 Å². The van der Waals surface area contributed by atoms with Crippen LogP contribution >= 0.6 is 0 Å². The Labute approximate surface area is 118 Å². The fraction of sp³-hybridized carbons (Fsp3) is 0.333. The zero-order valence-corrected chi connectivity index (χ0v) is 11.8. The number of aryl methyl sites for hydroxylation is 1. The van der Waals surface area contributed by atoms with E-state index in [9.17, 15) is 4.79 Å². The van der Waals surface area contributed by atoms with Crippen LogP contribution in [0, 0.1) is 0 Å². The maximum absolute atomic E-state index is 11.8. The third-order valence-corrected chi connectivity index (χ3v) is 2.93. The van der Waals surface area contributed by atoms with Crippen LogP contribution in [0.15, 0.2) is 35.1 Å². The van der Waals surface area contributed by atoms with Crippen LogP contribution in [-0.2, 0) is 6.54 Å². The minimum atomic E-state index is -0.261. The SMILES string of the molecule is CCCOc1ccccc1-c1cc(N)c(=O)n(CC)n1. The van der Waals surface area contributed by atoms with Crippen LogP contribution in [0.3, 0.4) is 0 Å². The molecule has 0 saturated heterocycles. The van der Waals surface area contributed by atoms with Gasteiger partial charge in [-0.3, -0.25) is 4.79 Å². The molecule has 0 unspecified atom stereocenters. The van der Waals surface area contributed by atoms with Crippen LogP contribution < -0.4 is 16.0 Å². The van der Waals surface area contributed by atoms with Gasteiger partial charge >= 0.3 is 0 Å².